The average Bonchev–Trinajstić information content (AvgIpc) is 2.62. The van der Waals surface area contributed by atoms with Crippen LogP contribution < -0.4 is 14.8 Å². The molecule has 2 rings (SSSR count). The summed E-state index contributed by atoms with van der Waals surface area (Å²) in [6, 6.07) is 10.4. The van der Waals surface area contributed by atoms with Gasteiger partial charge in [-0.2, -0.15) is 0 Å². The third-order valence-electron chi connectivity index (χ3n) is 3.82. The first kappa shape index (κ1) is 20.1. The highest BCUT2D eigenvalue weighted by molar-refractivity contribution is 7.92. The largest absolute Gasteiger partial charge is 0.497 e. The van der Waals surface area contributed by atoms with Crippen molar-refractivity contribution in [2.45, 2.75) is 31.2 Å². The van der Waals surface area contributed by atoms with E-state index in [0.29, 0.717) is 5.75 Å². The Balaban J connectivity index is 2.25. The summed E-state index contributed by atoms with van der Waals surface area (Å²) >= 11 is 6.09. The van der Waals surface area contributed by atoms with E-state index in [1.807, 2.05) is 13.8 Å². The zero-order valence-corrected chi connectivity index (χ0v) is 16.3. The molecule has 0 aliphatic carbocycles. The van der Waals surface area contributed by atoms with E-state index in [-0.39, 0.29) is 33.1 Å². The topological polar surface area (TPSA) is 84.5 Å². The molecule has 0 bridgehead atoms. The summed E-state index contributed by atoms with van der Waals surface area (Å²) in [6.45, 7) is 3.83. The number of hydrogen-bond acceptors (Lipinski definition) is 4. The van der Waals surface area contributed by atoms with Gasteiger partial charge in [-0.3, -0.25) is 9.52 Å². The summed E-state index contributed by atoms with van der Waals surface area (Å²) in [5, 5.41) is 3.05. The van der Waals surface area contributed by atoms with Crippen molar-refractivity contribution < 1.29 is 17.9 Å². The summed E-state index contributed by atoms with van der Waals surface area (Å²) in [7, 11) is -2.30. The van der Waals surface area contributed by atoms with Gasteiger partial charge in [-0.05, 0) is 55.8 Å². The molecule has 0 saturated heterocycles. The normalized spacial score (nSPS) is 12.3. The number of ether oxygens (including phenoxy) is 1. The lowest BCUT2D eigenvalue weighted by Gasteiger charge is -2.14. The lowest BCUT2D eigenvalue weighted by Crippen LogP contribution is -2.32. The van der Waals surface area contributed by atoms with Crippen LogP contribution in [0.15, 0.2) is 47.4 Å². The lowest BCUT2D eigenvalue weighted by atomic mass is 10.1. The van der Waals surface area contributed by atoms with Crippen molar-refractivity contribution in [2.75, 3.05) is 11.8 Å². The van der Waals surface area contributed by atoms with Gasteiger partial charge < -0.3 is 10.1 Å². The van der Waals surface area contributed by atoms with Crippen molar-refractivity contribution in [3.63, 3.8) is 0 Å². The van der Waals surface area contributed by atoms with Gasteiger partial charge in [-0.15, -0.1) is 0 Å². The molecule has 6 nitrogen and oxygen atoms in total. The molecule has 1 amide bonds. The van der Waals surface area contributed by atoms with Crippen LogP contribution in [-0.2, 0) is 10.0 Å². The molecule has 0 aliphatic heterocycles. The SMILES string of the molecule is CCC(C)NC(=O)c1cc(NS(=O)(=O)c2ccc(OC)cc2)ccc1Cl. The van der Waals surface area contributed by atoms with Crippen molar-refractivity contribution in [3.05, 3.63) is 53.1 Å². The number of benzene rings is 2. The molecular formula is C18H21ClN2O4S. The molecule has 0 aromatic heterocycles. The summed E-state index contributed by atoms with van der Waals surface area (Å²) in [5.74, 6) is 0.203. The highest BCUT2D eigenvalue weighted by atomic mass is 35.5. The molecule has 2 N–H and O–H groups in total. The van der Waals surface area contributed by atoms with Gasteiger partial charge in [0.1, 0.15) is 5.75 Å². The second kappa shape index (κ2) is 8.42. The monoisotopic (exact) mass is 396 g/mol. The summed E-state index contributed by atoms with van der Waals surface area (Å²) < 4.78 is 32.5. The molecule has 1 atom stereocenters. The average molecular weight is 397 g/mol. The Hall–Kier alpha value is -2.25. The van der Waals surface area contributed by atoms with Crippen LogP contribution in [0.2, 0.25) is 5.02 Å². The number of amides is 1. The second-order valence-electron chi connectivity index (χ2n) is 5.76. The van der Waals surface area contributed by atoms with Crippen molar-refractivity contribution in [1.82, 2.24) is 5.32 Å². The Kier molecular flexibility index (Phi) is 6.50. The van der Waals surface area contributed by atoms with Gasteiger partial charge in [0.25, 0.3) is 15.9 Å². The number of rotatable bonds is 7. The molecule has 26 heavy (non-hydrogen) atoms. The molecule has 8 heteroatoms. The second-order valence-corrected chi connectivity index (χ2v) is 7.85. The van der Waals surface area contributed by atoms with Crippen LogP contribution in [0, 0.1) is 0 Å². The van der Waals surface area contributed by atoms with Crippen LogP contribution in [0.5, 0.6) is 5.75 Å². The van der Waals surface area contributed by atoms with Gasteiger partial charge in [-0.25, -0.2) is 8.42 Å². The summed E-state index contributed by atoms with van der Waals surface area (Å²) in [5.41, 5.74) is 0.460. The maximum Gasteiger partial charge on any atom is 0.261 e. The van der Waals surface area contributed by atoms with Gasteiger partial charge >= 0.3 is 0 Å². The van der Waals surface area contributed by atoms with Crippen LogP contribution >= 0.6 is 11.6 Å². The molecule has 0 saturated carbocycles. The maximum absolute atomic E-state index is 12.5. The minimum Gasteiger partial charge on any atom is -0.497 e. The third kappa shape index (κ3) is 4.89. The fourth-order valence-electron chi connectivity index (χ4n) is 2.14. The van der Waals surface area contributed by atoms with Crippen molar-refractivity contribution in [2.24, 2.45) is 0 Å². The van der Waals surface area contributed by atoms with Crippen molar-refractivity contribution in [3.8, 4) is 5.75 Å². The zero-order valence-electron chi connectivity index (χ0n) is 14.7. The number of anilines is 1. The van der Waals surface area contributed by atoms with E-state index in [9.17, 15) is 13.2 Å². The molecule has 2 aromatic rings. The first-order valence-corrected chi connectivity index (χ1v) is 9.90. The van der Waals surface area contributed by atoms with Gasteiger partial charge in [0.2, 0.25) is 0 Å². The highest BCUT2D eigenvalue weighted by Gasteiger charge is 2.17. The molecule has 0 spiro atoms. The predicted molar refractivity (Wildman–Crippen MR) is 102 cm³/mol. The van der Waals surface area contributed by atoms with E-state index in [2.05, 4.69) is 10.0 Å². The number of hydrogen-bond donors (Lipinski definition) is 2. The van der Waals surface area contributed by atoms with Gasteiger partial charge in [0.15, 0.2) is 0 Å². The van der Waals surface area contributed by atoms with E-state index in [1.54, 1.807) is 12.1 Å². The Morgan fingerprint density at radius 2 is 1.85 bits per heavy atom. The maximum atomic E-state index is 12.5. The molecule has 0 fully saturated rings. The van der Waals surface area contributed by atoms with E-state index >= 15 is 0 Å². The smallest absolute Gasteiger partial charge is 0.261 e. The Morgan fingerprint density at radius 1 is 1.19 bits per heavy atom. The molecule has 0 aliphatic rings. The zero-order chi connectivity index (χ0) is 19.3. The Morgan fingerprint density at radius 3 is 2.42 bits per heavy atom. The van der Waals surface area contributed by atoms with E-state index in [4.69, 9.17) is 16.3 Å². The Labute approximate surface area is 158 Å². The number of halogens is 1. The molecule has 0 radical (unpaired) electrons. The lowest BCUT2D eigenvalue weighted by molar-refractivity contribution is 0.0939. The quantitative estimate of drug-likeness (QED) is 0.747. The fraction of sp³-hybridized carbons (Fsp3) is 0.278. The van der Waals surface area contributed by atoms with Crippen LogP contribution in [-0.4, -0.2) is 27.5 Å². The number of methoxy groups -OCH3 is 1. The number of carbonyl (C=O) groups is 1. The predicted octanol–water partition coefficient (Wildman–Crippen LogP) is 3.68. The van der Waals surface area contributed by atoms with Crippen molar-refractivity contribution in [1.29, 1.82) is 0 Å². The molecular weight excluding hydrogens is 376 g/mol. The third-order valence-corrected chi connectivity index (χ3v) is 5.55. The minimum absolute atomic E-state index is 0.0155. The fourth-order valence-corrected chi connectivity index (χ4v) is 3.39. The van der Waals surface area contributed by atoms with Crippen LogP contribution in [0.4, 0.5) is 5.69 Å². The molecule has 0 heterocycles. The van der Waals surface area contributed by atoms with Crippen LogP contribution in [0.3, 0.4) is 0 Å². The number of nitrogens with one attached hydrogen (secondary N) is 2. The van der Waals surface area contributed by atoms with Gasteiger partial charge in [-0.1, -0.05) is 18.5 Å². The summed E-state index contributed by atoms with van der Waals surface area (Å²) in [6.07, 6.45) is 0.771. The molecule has 140 valence electrons. The highest BCUT2D eigenvalue weighted by Crippen LogP contribution is 2.24. The number of carbonyl (C=O) groups excluding carboxylic acids is 1. The van der Waals surface area contributed by atoms with Crippen LogP contribution in [0.25, 0.3) is 0 Å². The van der Waals surface area contributed by atoms with E-state index < -0.39 is 10.0 Å². The Bertz CT molecular complexity index is 883. The van der Waals surface area contributed by atoms with E-state index in [1.165, 1.54) is 37.4 Å². The van der Waals surface area contributed by atoms with Crippen LogP contribution in [0.1, 0.15) is 30.6 Å². The van der Waals surface area contributed by atoms with Gasteiger partial charge in [0, 0.05) is 11.7 Å². The van der Waals surface area contributed by atoms with Crippen molar-refractivity contribution >= 4 is 33.2 Å². The molecule has 1 unspecified atom stereocenters. The first-order chi connectivity index (χ1) is 12.3. The van der Waals surface area contributed by atoms with E-state index in [0.717, 1.165) is 6.42 Å². The standard InChI is InChI=1S/C18H21ClN2O4S/c1-4-12(2)20-18(22)16-11-13(5-10-17(16)19)21-26(23,24)15-8-6-14(25-3)7-9-15/h5-12,21H,4H2,1-3H3,(H,20,22). The first-order valence-electron chi connectivity index (χ1n) is 8.04. The van der Waals surface area contributed by atoms with Gasteiger partial charge in [0.05, 0.1) is 22.6 Å². The molecule has 2 aromatic carbocycles. The minimum atomic E-state index is -3.80. The summed E-state index contributed by atoms with van der Waals surface area (Å²) in [4.78, 5) is 12.4. The number of sulfonamides is 1.